The molecular weight excluding hydrogens is 714 g/mol. The third kappa shape index (κ3) is 8.09. The number of carboxylic acids is 1. The molecule has 4 heterocycles. The molecule has 2 aromatic carbocycles. The number of carbonyl (C=O) groups is 2. The highest BCUT2D eigenvalue weighted by molar-refractivity contribution is 6.39. The van der Waals surface area contributed by atoms with Crippen LogP contribution >= 0.6 is 23.2 Å². The average Bonchev–Trinajstić information content (AvgIpc) is 3.54. The quantitative estimate of drug-likeness (QED) is 0.106. The number of aliphatic carboxylic acids is 1. The van der Waals surface area contributed by atoms with Gasteiger partial charge in [-0.1, -0.05) is 59.6 Å². The van der Waals surface area contributed by atoms with Crippen LogP contribution < -0.4 is 26.2 Å². The number of fused-ring (bicyclic) bond motifs is 1. The van der Waals surface area contributed by atoms with Gasteiger partial charge in [0.05, 0.1) is 40.9 Å². The first kappa shape index (κ1) is 36.9. The Morgan fingerprint density at radius 2 is 1.77 bits per heavy atom. The Kier molecular flexibility index (Phi) is 11.5. The minimum Gasteiger partial charge on any atom is -0.481 e. The van der Waals surface area contributed by atoms with Crippen LogP contribution in [-0.2, 0) is 22.7 Å². The summed E-state index contributed by atoms with van der Waals surface area (Å²) in [5.41, 5.74) is 3.99. The van der Waals surface area contributed by atoms with Crippen LogP contribution in [0.3, 0.4) is 0 Å². The fourth-order valence-corrected chi connectivity index (χ4v) is 6.80. The molecule has 3 aromatic heterocycles. The van der Waals surface area contributed by atoms with E-state index < -0.39 is 24.3 Å². The van der Waals surface area contributed by atoms with E-state index in [1.54, 1.807) is 30.5 Å². The van der Waals surface area contributed by atoms with Gasteiger partial charge in [0.1, 0.15) is 11.5 Å². The van der Waals surface area contributed by atoms with E-state index in [2.05, 4.69) is 25.9 Å². The third-order valence-electron chi connectivity index (χ3n) is 8.76. The summed E-state index contributed by atoms with van der Waals surface area (Å²) < 4.78 is 22.4. The first-order valence-corrected chi connectivity index (χ1v) is 17.2. The number of amides is 1. The summed E-state index contributed by atoms with van der Waals surface area (Å²) in [7, 11) is 1.42. The molecule has 0 unspecified atom stereocenters. The van der Waals surface area contributed by atoms with Crippen molar-refractivity contribution in [3.05, 3.63) is 104 Å². The predicted octanol–water partition coefficient (Wildman–Crippen LogP) is 4.84. The number of benzene rings is 2. The zero-order valence-corrected chi connectivity index (χ0v) is 29.5. The normalized spacial score (nSPS) is 14.8. The Morgan fingerprint density at radius 3 is 2.46 bits per heavy atom. The Balaban J connectivity index is 1.24. The molecule has 1 saturated heterocycles. The van der Waals surface area contributed by atoms with Crippen molar-refractivity contribution in [3.8, 4) is 39.4 Å². The SMILES string of the molecule is COc1nc(-c2cccc(-c3cccc(-c4ccn5c(=O)c(CNC[C@H](O)CC(=O)O)cnc5c4)c3Cl)c2Cl)cc(F)c1CNC[C@@H]1CCC(=O)N1. The molecule has 12 nitrogen and oxygen atoms in total. The van der Waals surface area contributed by atoms with Crippen molar-refractivity contribution in [1.29, 1.82) is 0 Å². The molecule has 1 aliphatic rings. The van der Waals surface area contributed by atoms with Crippen molar-refractivity contribution >= 4 is 40.7 Å². The van der Waals surface area contributed by atoms with E-state index in [9.17, 15) is 19.5 Å². The smallest absolute Gasteiger partial charge is 0.306 e. The van der Waals surface area contributed by atoms with Gasteiger partial charge < -0.3 is 30.9 Å². The lowest BCUT2D eigenvalue weighted by molar-refractivity contribution is -0.139. The second kappa shape index (κ2) is 16.2. The monoisotopic (exact) mass is 748 g/mol. The van der Waals surface area contributed by atoms with Gasteiger partial charge in [-0.05, 0) is 24.1 Å². The molecular formula is C37H35Cl2FN6O6. The summed E-state index contributed by atoms with van der Waals surface area (Å²) in [6, 6.07) is 15.6. The zero-order valence-electron chi connectivity index (χ0n) is 28.0. The summed E-state index contributed by atoms with van der Waals surface area (Å²) >= 11 is 14.0. The molecule has 2 atom stereocenters. The van der Waals surface area contributed by atoms with E-state index in [-0.39, 0.29) is 54.3 Å². The van der Waals surface area contributed by atoms with Gasteiger partial charge in [0, 0.05) is 84.9 Å². The highest BCUT2D eigenvalue weighted by Crippen LogP contribution is 2.42. The Hall–Kier alpha value is -4.92. The number of aromatic nitrogens is 3. The molecule has 52 heavy (non-hydrogen) atoms. The number of methoxy groups -OCH3 is 1. The third-order valence-corrected chi connectivity index (χ3v) is 9.58. The number of aliphatic hydroxyl groups excluding tert-OH is 1. The number of halogens is 3. The van der Waals surface area contributed by atoms with Crippen molar-refractivity contribution in [1.82, 2.24) is 30.3 Å². The number of carbonyl (C=O) groups excluding carboxylic acids is 1. The number of aliphatic hydroxyl groups is 1. The van der Waals surface area contributed by atoms with Crippen molar-refractivity contribution in [2.75, 3.05) is 20.2 Å². The van der Waals surface area contributed by atoms with Crippen LogP contribution in [0.5, 0.6) is 5.88 Å². The number of hydrogen-bond acceptors (Lipinski definition) is 9. The molecule has 1 fully saturated rings. The second-order valence-electron chi connectivity index (χ2n) is 12.4. The van der Waals surface area contributed by atoms with Gasteiger partial charge in [-0.15, -0.1) is 0 Å². The van der Waals surface area contributed by atoms with Crippen LogP contribution in [0.4, 0.5) is 4.39 Å². The van der Waals surface area contributed by atoms with E-state index in [4.69, 9.17) is 33.0 Å². The summed E-state index contributed by atoms with van der Waals surface area (Å²) in [6.45, 7) is 0.746. The zero-order chi connectivity index (χ0) is 36.9. The topological polar surface area (TPSA) is 167 Å². The Bertz CT molecular complexity index is 2220. The molecule has 270 valence electrons. The average molecular weight is 750 g/mol. The fourth-order valence-electron chi connectivity index (χ4n) is 6.14. The number of carboxylic acid groups (broad SMARTS) is 1. The van der Waals surface area contributed by atoms with Crippen LogP contribution in [0.2, 0.25) is 10.0 Å². The molecule has 5 aromatic rings. The van der Waals surface area contributed by atoms with Crippen molar-refractivity contribution in [3.63, 3.8) is 0 Å². The van der Waals surface area contributed by atoms with Gasteiger partial charge in [0.2, 0.25) is 11.8 Å². The van der Waals surface area contributed by atoms with Gasteiger partial charge in [0.15, 0.2) is 0 Å². The van der Waals surface area contributed by atoms with E-state index in [1.807, 2.05) is 24.3 Å². The minimum absolute atomic E-state index is 0.00479. The Labute approximate surface area is 307 Å². The molecule has 0 saturated carbocycles. The lowest BCUT2D eigenvalue weighted by atomic mass is 9.97. The lowest BCUT2D eigenvalue weighted by Crippen LogP contribution is -2.35. The van der Waals surface area contributed by atoms with Crippen molar-refractivity contribution < 1.29 is 28.9 Å². The van der Waals surface area contributed by atoms with Gasteiger partial charge in [-0.3, -0.25) is 18.8 Å². The van der Waals surface area contributed by atoms with Gasteiger partial charge in [-0.2, -0.15) is 0 Å². The summed E-state index contributed by atoms with van der Waals surface area (Å²) in [4.78, 5) is 44.4. The van der Waals surface area contributed by atoms with Crippen LogP contribution in [-0.4, -0.2) is 68.8 Å². The van der Waals surface area contributed by atoms with Gasteiger partial charge in [-0.25, -0.2) is 14.4 Å². The second-order valence-corrected chi connectivity index (χ2v) is 13.1. The van der Waals surface area contributed by atoms with Crippen LogP contribution in [0, 0.1) is 5.82 Å². The Morgan fingerprint density at radius 1 is 1.06 bits per heavy atom. The molecule has 0 radical (unpaired) electrons. The first-order chi connectivity index (χ1) is 25.0. The lowest BCUT2D eigenvalue weighted by Gasteiger charge is -2.16. The molecule has 0 bridgehead atoms. The number of nitrogens with zero attached hydrogens (tertiary/aromatic N) is 3. The number of ether oxygens (including phenoxy) is 1. The number of hydrogen-bond donors (Lipinski definition) is 5. The van der Waals surface area contributed by atoms with E-state index >= 15 is 4.39 Å². The molecule has 5 N–H and O–H groups in total. The minimum atomic E-state index is -1.12. The molecule has 15 heteroatoms. The maximum Gasteiger partial charge on any atom is 0.306 e. The van der Waals surface area contributed by atoms with Crippen LogP contribution in [0.1, 0.15) is 30.4 Å². The first-order valence-electron chi connectivity index (χ1n) is 16.5. The molecule has 0 aliphatic carbocycles. The standard InChI is InChI=1S/C37H35Cl2FN6O6/c1-52-36-28(19-42-17-22-8-9-32(48)44-22)29(40)14-30(45-36)27-7-3-6-26(35(27)39)25-5-2-4-24(34(25)38)20-10-11-46-31(12-20)43-16-21(37(46)51)15-41-18-23(47)13-33(49)50/h2-7,10-12,14,16,22-23,41-42,47H,8-9,13,15,17-19H2,1H3,(H,44,48)(H,49,50)/t22-,23+/m0/s1. The number of nitrogens with one attached hydrogen (secondary N) is 3. The van der Waals surface area contributed by atoms with E-state index in [1.165, 1.54) is 23.8 Å². The number of rotatable bonds is 14. The molecule has 6 rings (SSSR count). The van der Waals surface area contributed by atoms with E-state index in [0.29, 0.717) is 62.0 Å². The predicted molar refractivity (Wildman–Crippen MR) is 195 cm³/mol. The van der Waals surface area contributed by atoms with Crippen molar-refractivity contribution in [2.24, 2.45) is 0 Å². The van der Waals surface area contributed by atoms with Crippen molar-refractivity contribution in [2.45, 2.75) is 44.5 Å². The molecule has 0 spiro atoms. The highest BCUT2D eigenvalue weighted by atomic mass is 35.5. The maximum absolute atomic E-state index is 15.5. The van der Waals surface area contributed by atoms with Gasteiger partial charge in [0.25, 0.3) is 5.56 Å². The summed E-state index contributed by atoms with van der Waals surface area (Å²) in [6.07, 6.45) is 2.74. The molecule has 1 aliphatic heterocycles. The fraction of sp³-hybridized carbons (Fsp3) is 0.270. The van der Waals surface area contributed by atoms with Gasteiger partial charge >= 0.3 is 5.97 Å². The summed E-state index contributed by atoms with van der Waals surface area (Å²) in [5, 5.41) is 28.2. The largest absolute Gasteiger partial charge is 0.481 e. The number of pyridine rings is 2. The summed E-state index contributed by atoms with van der Waals surface area (Å²) in [5.74, 6) is -1.51. The maximum atomic E-state index is 15.5. The highest BCUT2D eigenvalue weighted by Gasteiger charge is 2.22. The van der Waals surface area contributed by atoms with Crippen LogP contribution in [0.15, 0.2) is 71.8 Å². The van der Waals surface area contributed by atoms with E-state index in [0.717, 1.165) is 6.42 Å². The molecule has 1 amide bonds. The van der Waals surface area contributed by atoms with Crippen LogP contribution in [0.25, 0.3) is 39.2 Å².